The number of benzene rings is 1. The predicted molar refractivity (Wildman–Crippen MR) is 70.4 cm³/mol. The standard InChI is InChI=1S/C14H18O6/c1-16-10-7-9(8-11(17-2)12(10)18-3)14(19-4)5-6-20-13(14)15/h7-8H,5-6H2,1-4H3. The molecule has 1 heterocycles. The quantitative estimate of drug-likeness (QED) is 0.763. The van der Waals surface area contributed by atoms with Crippen LogP contribution in [0.5, 0.6) is 17.2 Å². The number of carbonyl (C=O) groups is 1. The third-order valence-electron chi connectivity index (χ3n) is 3.50. The first-order valence-electron chi connectivity index (χ1n) is 6.15. The summed E-state index contributed by atoms with van der Waals surface area (Å²) in [5.41, 5.74) is -0.496. The topological polar surface area (TPSA) is 63.2 Å². The van der Waals surface area contributed by atoms with Gasteiger partial charge in [0.15, 0.2) is 17.1 Å². The Kier molecular flexibility index (Phi) is 4.04. The number of hydrogen-bond donors (Lipinski definition) is 0. The number of methoxy groups -OCH3 is 4. The van der Waals surface area contributed by atoms with Crippen LogP contribution in [0.3, 0.4) is 0 Å². The van der Waals surface area contributed by atoms with Crippen LogP contribution in [0.4, 0.5) is 0 Å². The fourth-order valence-electron chi connectivity index (χ4n) is 2.39. The second-order valence-corrected chi connectivity index (χ2v) is 4.33. The zero-order chi connectivity index (χ0) is 14.8. The van der Waals surface area contributed by atoms with Gasteiger partial charge in [-0.05, 0) is 12.1 Å². The zero-order valence-corrected chi connectivity index (χ0v) is 12.0. The molecule has 0 aromatic heterocycles. The molecule has 0 radical (unpaired) electrons. The summed E-state index contributed by atoms with van der Waals surface area (Å²) in [5.74, 6) is 1.00. The first-order chi connectivity index (χ1) is 9.62. The van der Waals surface area contributed by atoms with E-state index in [4.69, 9.17) is 23.7 Å². The highest BCUT2D eigenvalue weighted by molar-refractivity contribution is 5.84. The molecule has 6 nitrogen and oxygen atoms in total. The van der Waals surface area contributed by atoms with Gasteiger partial charge in [0.1, 0.15) is 0 Å². The number of ether oxygens (including phenoxy) is 5. The van der Waals surface area contributed by atoms with Gasteiger partial charge in [-0.3, -0.25) is 0 Å². The van der Waals surface area contributed by atoms with Crippen molar-refractivity contribution in [2.45, 2.75) is 12.0 Å². The summed E-state index contributed by atoms with van der Waals surface area (Å²) in [6, 6.07) is 3.41. The van der Waals surface area contributed by atoms with Crippen LogP contribution in [0.1, 0.15) is 12.0 Å². The minimum Gasteiger partial charge on any atom is -0.493 e. The molecule has 2 rings (SSSR count). The Hall–Kier alpha value is -1.95. The first kappa shape index (κ1) is 14.5. The molecule has 0 N–H and O–H groups in total. The molecule has 1 aliphatic rings. The van der Waals surface area contributed by atoms with E-state index in [1.54, 1.807) is 12.1 Å². The van der Waals surface area contributed by atoms with E-state index in [9.17, 15) is 4.79 Å². The predicted octanol–water partition coefficient (Wildman–Crippen LogP) is 1.50. The van der Waals surface area contributed by atoms with Crippen molar-refractivity contribution in [3.8, 4) is 17.2 Å². The van der Waals surface area contributed by atoms with Crippen LogP contribution < -0.4 is 14.2 Å². The van der Waals surface area contributed by atoms with E-state index < -0.39 is 11.6 Å². The number of esters is 1. The average Bonchev–Trinajstić information content (AvgIpc) is 2.87. The van der Waals surface area contributed by atoms with Gasteiger partial charge >= 0.3 is 5.97 Å². The highest BCUT2D eigenvalue weighted by Crippen LogP contribution is 2.44. The van der Waals surface area contributed by atoms with Crippen molar-refractivity contribution in [3.05, 3.63) is 17.7 Å². The molecule has 1 aromatic carbocycles. The monoisotopic (exact) mass is 282 g/mol. The Morgan fingerprint density at radius 2 is 1.65 bits per heavy atom. The van der Waals surface area contributed by atoms with Crippen LogP contribution >= 0.6 is 0 Å². The normalized spacial score (nSPS) is 21.5. The van der Waals surface area contributed by atoms with Crippen LogP contribution in [0, 0.1) is 0 Å². The van der Waals surface area contributed by atoms with Crippen LogP contribution in [0.2, 0.25) is 0 Å². The Balaban J connectivity index is 2.59. The van der Waals surface area contributed by atoms with Gasteiger partial charge in [0.25, 0.3) is 0 Å². The van der Waals surface area contributed by atoms with Gasteiger partial charge < -0.3 is 23.7 Å². The third kappa shape index (κ3) is 2.06. The Labute approximate surface area is 117 Å². The lowest BCUT2D eigenvalue weighted by Gasteiger charge is -2.25. The van der Waals surface area contributed by atoms with Crippen molar-refractivity contribution in [2.75, 3.05) is 35.0 Å². The van der Waals surface area contributed by atoms with Crippen LogP contribution in [0.15, 0.2) is 12.1 Å². The van der Waals surface area contributed by atoms with Gasteiger partial charge in [-0.2, -0.15) is 0 Å². The van der Waals surface area contributed by atoms with Crippen LogP contribution in [-0.2, 0) is 19.9 Å². The minimum atomic E-state index is -1.12. The van der Waals surface area contributed by atoms with Gasteiger partial charge in [0.05, 0.1) is 27.9 Å². The molecule has 6 heteroatoms. The SMILES string of the molecule is COc1cc(C2(OC)CCOC2=O)cc(OC)c1OC. The summed E-state index contributed by atoms with van der Waals surface area (Å²) >= 11 is 0. The minimum absolute atomic E-state index is 0.323. The first-order valence-corrected chi connectivity index (χ1v) is 6.15. The molecule has 0 amide bonds. The van der Waals surface area contributed by atoms with Gasteiger partial charge in [-0.25, -0.2) is 4.79 Å². The number of cyclic esters (lactones) is 1. The molecular formula is C14H18O6. The molecule has 0 spiro atoms. The second kappa shape index (κ2) is 5.58. The molecule has 0 aliphatic carbocycles. The lowest BCUT2D eigenvalue weighted by molar-refractivity contribution is -0.156. The average molecular weight is 282 g/mol. The van der Waals surface area contributed by atoms with E-state index in [0.717, 1.165) is 0 Å². The molecule has 1 aromatic rings. The van der Waals surface area contributed by atoms with E-state index in [1.165, 1.54) is 28.4 Å². The summed E-state index contributed by atoms with van der Waals surface area (Å²) in [6.45, 7) is 0.323. The molecule has 0 saturated carbocycles. The van der Waals surface area contributed by atoms with Crippen molar-refractivity contribution >= 4 is 5.97 Å². The van der Waals surface area contributed by atoms with Crippen molar-refractivity contribution in [1.82, 2.24) is 0 Å². The molecule has 1 atom stereocenters. The molecular weight excluding hydrogens is 264 g/mol. The second-order valence-electron chi connectivity index (χ2n) is 4.33. The molecule has 1 fully saturated rings. The molecule has 0 bridgehead atoms. The van der Waals surface area contributed by atoms with E-state index in [1.807, 2.05) is 0 Å². The van der Waals surface area contributed by atoms with E-state index in [-0.39, 0.29) is 0 Å². The zero-order valence-electron chi connectivity index (χ0n) is 12.0. The Morgan fingerprint density at radius 1 is 1.05 bits per heavy atom. The molecule has 110 valence electrons. The van der Waals surface area contributed by atoms with Crippen molar-refractivity contribution in [3.63, 3.8) is 0 Å². The van der Waals surface area contributed by atoms with Gasteiger partial charge in [-0.1, -0.05) is 0 Å². The maximum atomic E-state index is 12.0. The van der Waals surface area contributed by atoms with Crippen LogP contribution in [0.25, 0.3) is 0 Å². The molecule has 1 saturated heterocycles. The smallest absolute Gasteiger partial charge is 0.343 e. The van der Waals surface area contributed by atoms with E-state index in [0.29, 0.717) is 35.8 Å². The Bertz CT molecular complexity index is 487. The summed E-state index contributed by atoms with van der Waals surface area (Å²) in [4.78, 5) is 12.0. The van der Waals surface area contributed by atoms with Crippen LogP contribution in [-0.4, -0.2) is 41.0 Å². The maximum Gasteiger partial charge on any atom is 0.343 e. The summed E-state index contributed by atoms with van der Waals surface area (Å²) in [5, 5.41) is 0. The summed E-state index contributed by atoms with van der Waals surface area (Å²) < 4.78 is 26.3. The maximum absolute atomic E-state index is 12.0. The Morgan fingerprint density at radius 3 is 2.00 bits per heavy atom. The number of hydrogen-bond acceptors (Lipinski definition) is 6. The fourth-order valence-corrected chi connectivity index (χ4v) is 2.39. The number of carbonyl (C=O) groups excluding carboxylic acids is 1. The molecule has 1 aliphatic heterocycles. The van der Waals surface area contributed by atoms with Crippen molar-refractivity contribution < 1.29 is 28.5 Å². The lowest BCUT2D eigenvalue weighted by atomic mass is 9.91. The lowest BCUT2D eigenvalue weighted by Crippen LogP contribution is -2.33. The van der Waals surface area contributed by atoms with Crippen molar-refractivity contribution in [1.29, 1.82) is 0 Å². The summed E-state index contributed by atoms with van der Waals surface area (Å²) in [6.07, 6.45) is 0.445. The highest BCUT2D eigenvalue weighted by Gasteiger charge is 2.47. The van der Waals surface area contributed by atoms with Crippen molar-refractivity contribution in [2.24, 2.45) is 0 Å². The third-order valence-corrected chi connectivity index (χ3v) is 3.50. The highest BCUT2D eigenvalue weighted by atomic mass is 16.6. The molecule has 20 heavy (non-hydrogen) atoms. The van der Waals surface area contributed by atoms with E-state index in [2.05, 4.69) is 0 Å². The van der Waals surface area contributed by atoms with Gasteiger partial charge in [0.2, 0.25) is 5.75 Å². The fraction of sp³-hybridized carbons (Fsp3) is 0.500. The molecule has 1 unspecified atom stereocenters. The summed E-state index contributed by atoms with van der Waals surface area (Å²) in [7, 11) is 6.05. The van der Waals surface area contributed by atoms with Gasteiger partial charge in [0, 0.05) is 19.1 Å². The number of rotatable bonds is 5. The van der Waals surface area contributed by atoms with E-state index >= 15 is 0 Å². The van der Waals surface area contributed by atoms with Gasteiger partial charge in [-0.15, -0.1) is 0 Å². The largest absolute Gasteiger partial charge is 0.493 e.